The Labute approximate surface area is 256 Å². The van der Waals surface area contributed by atoms with Crippen molar-refractivity contribution < 1.29 is 4.42 Å². The van der Waals surface area contributed by atoms with Gasteiger partial charge in [-0.1, -0.05) is 92.2 Å². The second-order valence-electron chi connectivity index (χ2n) is 12.7. The van der Waals surface area contributed by atoms with Crippen molar-refractivity contribution in [2.75, 3.05) is 4.90 Å². The standard InChI is InChI=1S/C42H31NO/c1-26-15-18-31(19-16-26)43(39-13-8-12-34-33-11-6-7-14-40(33)44-41(34)39)32-20-17-29-23-36-35-22-27-9-4-5-10-28(27)24-37(35)42(2,3)38(36)25-30(29)21-32/h4-25H,1-3H3. The molecule has 0 amide bonds. The van der Waals surface area contributed by atoms with Gasteiger partial charge in [0, 0.05) is 27.6 Å². The van der Waals surface area contributed by atoms with Crippen molar-refractivity contribution >= 4 is 60.5 Å². The number of hydrogen-bond acceptors (Lipinski definition) is 2. The number of fused-ring (bicyclic) bond motifs is 8. The Morgan fingerprint density at radius 2 is 1.14 bits per heavy atom. The summed E-state index contributed by atoms with van der Waals surface area (Å²) in [6.07, 6.45) is 0. The SMILES string of the molecule is Cc1ccc(N(c2ccc3cc4c(cc3c2)C(C)(C)c2cc3ccccc3cc2-4)c2cccc3c2oc2ccccc23)cc1. The van der Waals surface area contributed by atoms with Crippen molar-refractivity contribution in [1.29, 1.82) is 0 Å². The van der Waals surface area contributed by atoms with Crippen LogP contribution in [0.3, 0.4) is 0 Å². The smallest absolute Gasteiger partial charge is 0.159 e. The van der Waals surface area contributed by atoms with Gasteiger partial charge in [0.2, 0.25) is 0 Å². The van der Waals surface area contributed by atoms with Crippen molar-refractivity contribution in [3.63, 3.8) is 0 Å². The summed E-state index contributed by atoms with van der Waals surface area (Å²) in [5.41, 5.74) is 11.7. The number of anilines is 3. The van der Waals surface area contributed by atoms with Crippen LogP contribution in [-0.4, -0.2) is 0 Å². The van der Waals surface area contributed by atoms with Gasteiger partial charge in [-0.15, -0.1) is 0 Å². The monoisotopic (exact) mass is 565 g/mol. The van der Waals surface area contributed by atoms with E-state index in [2.05, 4.69) is 153 Å². The van der Waals surface area contributed by atoms with Crippen molar-refractivity contribution in [2.45, 2.75) is 26.2 Å². The molecule has 1 aromatic heterocycles. The van der Waals surface area contributed by atoms with E-state index < -0.39 is 0 Å². The Bertz CT molecular complexity index is 2430. The first kappa shape index (κ1) is 25.2. The molecule has 0 N–H and O–H groups in total. The van der Waals surface area contributed by atoms with E-state index in [9.17, 15) is 0 Å². The average molecular weight is 566 g/mol. The van der Waals surface area contributed by atoms with Crippen LogP contribution in [-0.2, 0) is 5.41 Å². The molecule has 8 aromatic rings. The Morgan fingerprint density at radius 1 is 0.523 bits per heavy atom. The molecule has 7 aromatic carbocycles. The minimum atomic E-state index is -0.0879. The quantitative estimate of drug-likeness (QED) is 0.212. The van der Waals surface area contributed by atoms with E-state index in [0.717, 1.165) is 39.0 Å². The number of hydrogen-bond donors (Lipinski definition) is 0. The molecule has 0 fully saturated rings. The molecule has 0 aliphatic heterocycles. The predicted molar refractivity (Wildman–Crippen MR) is 186 cm³/mol. The first-order valence-electron chi connectivity index (χ1n) is 15.3. The van der Waals surface area contributed by atoms with E-state index in [1.165, 1.54) is 49.4 Å². The van der Waals surface area contributed by atoms with Gasteiger partial charge in [0.05, 0.1) is 5.69 Å². The summed E-state index contributed by atoms with van der Waals surface area (Å²) in [5.74, 6) is 0. The van der Waals surface area contributed by atoms with Crippen molar-refractivity contribution in [3.05, 3.63) is 150 Å². The molecule has 1 heterocycles. The zero-order chi connectivity index (χ0) is 29.6. The summed E-state index contributed by atoms with van der Waals surface area (Å²) in [4.78, 5) is 2.34. The zero-order valence-corrected chi connectivity index (χ0v) is 25.1. The van der Waals surface area contributed by atoms with Crippen LogP contribution in [0.2, 0.25) is 0 Å². The van der Waals surface area contributed by atoms with Gasteiger partial charge in [-0.05, 0) is 111 Å². The summed E-state index contributed by atoms with van der Waals surface area (Å²) >= 11 is 0. The Kier molecular flexibility index (Phi) is 5.20. The van der Waals surface area contributed by atoms with E-state index in [-0.39, 0.29) is 5.41 Å². The third-order valence-electron chi connectivity index (χ3n) is 9.66. The first-order valence-corrected chi connectivity index (χ1v) is 15.3. The molecule has 1 aliphatic carbocycles. The van der Waals surface area contributed by atoms with Gasteiger partial charge in [0.15, 0.2) is 5.58 Å². The molecule has 0 spiro atoms. The molecule has 0 saturated carbocycles. The highest BCUT2D eigenvalue weighted by Gasteiger charge is 2.36. The number of para-hydroxylation sites is 2. The van der Waals surface area contributed by atoms with Crippen molar-refractivity contribution in [1.82, 2.24) is 0 Å². The van der Waals surface area contributed by atoms with E-state index >= 15 is 0 Å². The van der Waals surface area contributed by atoms with Crippen LogP contribution in [0, 0.1) is 6.92 Å². The van der Waals surface area contributed by atoms with E-state index in [1.807, 2.05) is 6.07 Å². The maximum absolute atomic E-state index is 6.53. The van der Waals surface area contributed by atoms with E-state index in [4.69, 9.17) is 4.42 Å². The number of rotatable bonds is 3. The van der Waals surface area contributed by atoms with Gasteiger partial charge >= 0.3 is 0 Å². The zero-order valence-electron chi connectivity index (χ0n) is 25.1. The summed E-state index contributed by atoms with van der Waals surface area (Å²) in [6, 6.07) is 48.7. The van der Waals surface area contributed by atoms with Gasteiger partial charge in [0.25, 0.3) is 0 Å². The lowest BCUT2D eigenvalue weighted by molar-refractivity contribution is 0.662. The summed E-state index contributed by atoms with van der Waals surface area (Å²) < 4.78 is 6.53. The van der Waals surface area contributed by atoms with Crippen LogP contribution in [0.1, 0.15) is 30.5 Å². The molecule has 2 heteroatoms. The Hall–Kier alpha value is -5.34. The number of nitrogens with zero attached hydrogens (tertiary/aromatic N) is 1. The second kappa shape index (κ2) is 9.08. The first-order chi connectivity index (χ1) is 21.5. The summed E-state index contributed by atoms with van der Waals surface area (Å²) in [6.45, 7) is 6.86. The van der Waals surface area contributed by atoms with Crippen molar-refractivity contribution in [3.8, 4) is 11.1 Å². The highest BCUT2D eigenvalue weighted by Crippen LogP contribution is 2.51. The maximum atomic E-state index is 6.53. The highest BCUT2D eigenvalue weighted by molar-refractivity contribution is 6.10. The molecule has 0 saturated heterocycles. The van der Waals surface area contributed by atoms with Gasteiger partial charge < -0.3 is 9.32 Å². The lowest BCUT2D eigenvalue weighted by Gasteiger charge is -2.26. The molecule has 1 aliphatic rings. The van der Waals surface area contributed by atoms with Gasteiger partial charge in [0.1, 0.15) is 5.58 Å². The Morgan fingerprint density at radius 3 is 1.91 bits per heavy atom. The van der Waals surface area contributed by atoms with Crippen molar-refractivity contribution in [2.24, 2.45) is 0 Å². The highest BCUT2D eigenvalue weighted by atomic mass is 16.3. The molecular formula is C42H31NO. The molecule has 0 radical (unpaired) electrons. The maximum Gasteiger partial charge on any atom is 0.159 e. The minimum Gasteiger partial charge on any atom is -0.454 e. The molecule has 0 bridgehead atoms. The number of furan rings is 1. The lowest BCUT2D eigenvalue weighted by atomic mass is 9.81. The molecule has 44 heavy (non-hydrogen) atoms. The van der Waals surface area contributed by atoms with Crippen LogP contribution < -0.4 is 4.90 Å². The summed E-state index contributed by atoms with van der Waals surface area (Å²) in [5, 5.41) is 7.33. The lowest BCUT2D eigenvalue weighted by Crippen LogP contribution is -2.15. The third kappa shape index (κ3) is 3.61. The van der Waals surface area contributed by atoms with Gasteiger partial charge in [-0.2, -0.15) is 0 Å². The van der Waals surface area contributed by atoms with Crippen LogP contribution in [0.25, 0.3) is 54.6 Å². The second-order valence-corrected chi connectivity index (χ2v) is 12.7. The molecule has 0 atom stereocenters. The Balaban J connectivity index is 1.26. The molecule has 9 rings (SSSR count). The average Bonchev–Trinajstić information content (AvgIpc) is 3.53. The van der Waals surface area contributed by atoms with Crippen LogP contribution in [0.5, 0.6) is 0 Å². The number of benzene rings is 7. The molecule has 210 valence electrons. The van der Waals surface area contributed by atoms with Crippen LogP contribution >= 0.6 is 0 Å². The normalized spacial score (nSPS) is 13.5. The molecule has 2 nitrogen and oxygen atoms in total. The summed E-state index contributed by atoms with van der Waals surface area (Å²) in [7, 11) is 0. The fourth-order valence-electron chi connectivity index (χ4n) is 7.32. The fraction of sp³-hybridized carbons (Fsp3) is 0.0952. The van der Waals surface area contributed by atoms with Crippen LogP contribution in [0.15, 0.2) is 138 Å². The van der Waals surface area contributed by atoms with E-state index in [0.29, 0.717) is 0 Å². The van der Waals surface area contributed by atoms with Gasteiger partial charge in [-0.3, -0.25) is 0 Å². The third-order valence-corrected chi connectivity index (χ3v) is 9.66. The van der Waals surface area contributed by atoms with E-state index in [1.54, 1.807) is 0 Å². The predicted octanol–water partition coefficient (Wildman–Crippen LogP) is 12.0. The molecule has 0 unspecified atom stereocenters. The number of aryl methyl sites for hydroxylation is 1. The van der Waals surface area contributed by atoms with Crippen LogP contribution in [0.4, 0.5) is 17.1 Å². The van der Waals surface area contributed by atoms with Gasteiger partial charge in [-0.25, -0.2) is 0 Å². The molecular weight excluding hydrogens is 534 g/mol. The fourth-order valence-corrected chi connectivity index (χ4v) is 7.32. The minimum absolute atomic E-state index is 0.0879. The topological polar surface area (TPSA) is 16.4 Å². The largest absolute Gasteiger partial charge is 0.454 e.